The van der Waals surface area contributed by atoms with Gasteiger partial charge in [-0.15, -0.1) is 0 Å². The summed E-state index contributed by atoms with van der Waals surface area (Å²) in [4.78, 5) is 15.8. The fourth-order valence-corrected chi connectivity index (χ4v) is 2.10. The summed E-state index contributed by atoms with van der Waals surface area (Å²) in [6.07, 6.45) is 1.36. The average Bonchev–Trinajstić information content (AvgIpc) is 2.33. The van der Waals surface area contributed by atoms with Gasteiger partial charge in [-0.3, -0.25) is 4.79 Å². The fourth-order valence-electron chi connectivity index (χ4n) is 1.40. The standard InChI is InChI=1S/C12H6BrCl2FN2O/c13-7-4-6(5-17-11(7)15)18-12(19)10-8(14)2-1-3-9(10)16/h1-5H,(H,18,19). The number of hydrogen-bond acceptors (Lipinski definition) is 2. The number of amides is 1. The van der Waals surface area contributed by atoms with Crippen LogP contribution in [0.2, 0.25) is 10.2 Å². The van der Waals surface area contributed by atoms with Gasteiger partial charge in [-0.25, -0.2) is 9.37 Å². The Labute approximate surface area is 126 Å². The normalized spacial score (nSPS) is 10.3. The van der Waals surface area contributed by atoms with Crippen molar-refractivity contribution in [2.45, 2.75) is 0 Å². The maximum absolute atomic E-state index is 13.6. The molecule has 3 nitrogen and oxygen atoms in total. The van der Waals surface area contributed by atoms with Crippen LogP contribution in [-0.4, -0.2) is 10.9 Å². The fraction of sp³-hybridized carbons (Fsp3) is 0. The predicted octanol–water partition coefficient (Wildman–Crippen LogP) is 4.54. The topological polar surface area (TPSA) is 42.0 Å². The van der Waals surface area contributed by atoms with Crippen molar-refractivity contribution in [1.82, 2.24) is 4.98 Å². The predicted molar refractivity (Wildman–Crippen MR) is 76.3 cm³/mol. The molecule has 0 spiro atoms. The third-order valence-electron chi connectivity index (χ3n) is 2.24. The molecule has 0 saturated heterocycles. The van der Waals surface area contributed by atoms with E-state index in [1.54, 1.807) is 6.07 Å². The van der Waals surface area contributed by atoms with Gasteiger partial charge in [0, 0.05) is 0 Å². The van der Waals surface area contributed by atoms with Crippen LogP contribution >= 0.6 is 39.1 Å². The Balaban J connectivity index is 2.28. The molecule has 0 bridgehead atoms. The SMILES string of the molecule is O=C(Nc1cnc(Cl)c(Br)c1)c1c(F)cccc1Cl. The zero-order valence-electron chi connectivity index (χ0n) is 9.25. The second kappa shape index (κ2) is 5.86. The monoisotopic (exact) mass is 362 g/mol. The molecule has 0 aliphatic rings. The number of carbonyl (C=O) groups is 1. The number of benzene rings is 1. The third-order valence-corrected chi connectivity index (χ3v) is 3.69. The van der Waals surface area contributed by atoms with Crippen LogP contribution in [0.4, 0.5) is 10.1 Å². The number of nitrogens with zero attached hydrogens (tertiary/aromatic N) is 1. The van der Waals surface area contributed by atoms with Crippen LogP contribution in [0.1, 0.15) is 10.4 Å². The van der Waals surface area contributed by atoms with Gasteiger partial charge in [-0.2, -0.15) is 0 Å². The summed E-state index contributed by atoms with van der Waals surface area (Å²) in [7, 11) is 0. The minimum absolute atomic E-state index is 0.0403. The van der Waals surface area contributed by atoms with E-state index in [1.165, 1.54) is 18.3 Å². The van der Waals surface area contributed by atoms with Crippen molar-refractivity contribution in [3.63, 3.8) is 0 Å². The lowest BCUT2D eigenvalue weighted by Gasteiger charge is -2.08. The lowest BCUT2D eigenvalue weighted by molar-refractivity contribution is 0.102. The quantitative estimate of drug-likeness (QED) is 0.795. The Morgan fingerprint density at radius 2 is 2.11 bits per heavy atom. The number of carbonyl (C=O) groups excluding carboxylic acids is 1. The molecule has 0 fully saturated rings. The molecule has 7 heteroatoms. The molecule has 0 unspecified atom stereocenters. The lowest BCUT2D eigenvalue weighted by atomic mass is 10.2. The van der Waals surface area contributed by atoms with Gasteiger partial charge in [-0.1, -0.05) is 29.3 Å². The molecule has 1 heterocycles. The number of anilines is 1. The molecule has 1 aromatic heterocycles. The summed E-state index contributed by atoms with van der Waals surface area (Å²) in [6.45, 7) is 0. The summed E-state index contributed by atoms with van der Waals surface area (Å²) >= 11 is 14.7. The van der Waals surface area contributed by atoms with Crippen LogP contribution in [0.25, 0.3) is 0 Å². The van der Waals surface area contributed by atoms with Crippen molar-refractivity contribution in [2.24, 2.45) is 0 Å². The molecule has 0 atom stereocenters. The number of pyridine rings is 1. The molecule has 1 aromatic carbocycles. The Hall–Kier alpha value is -1.17. The highest BCUT2D eigenvalue weighted by Crippen LogP contribution is 2.24. The van der Waals surface area contributed by atoms with Gasteiger partial charge < -0.3 is 5.32 Å². The van der Waals surface area contributed by atoms with Gasteiger partial charge in [0.25, 0.3) is 5.91 Å². The van der Waals surface area contributed by atoms with Gasteiger partial charge in [0.1, 0.15) is 11.0 Å². The highest BCUT2D eigenvalue weighted by Gasteiger charge is 2.16. The van der Waals surface area contributed by atoms with E-state index in [4.69, 9.17) is 23.2 Å². The first kappa shape index (κ1) is 14.2. The van der Waals surface area contributed by atoms with E-state index in [-0.39, 0.29) is 15.7 Å². The lowest BCUT2D eigenvalue weighted by Crippen LogP contribution is -2.14. The van der Waals surface area contributed by atoms with E-state index in [0.717, 1.165) is 6.07 Å². The maximum atomic E-state index is 13.6. The van der Waals surface area contributed by atoms with E-state index in [1.807, 2.05) is 0 Å². The Morgan fingerprint density at radius 1 is 1.37 bits per heavy atom. The summed E-state index contributed by atoms with van der Waals surface area (Å²) in [5.74, 6) is -1.34. The van der Waals surface area contributed by atoms with Gasteiger partial charge in [0.05, 0.1) is 26.9 Å². The Bertz CT molecular complexity index is 631. The largest absolute Gasteiger partial charge is 0.320 e. The number of halogens is 4. The molecule has 98 valence electrons. The average molecular weight is 364 g/mol. The number of nitrogens with one attached hydrogen (secondary N) is 1. The first-order valence-corrected chi connectivity index (χ1v) is 6.60. The summed E-state index contributed by atoms with van der Waals surface area (Å²) < 4.78 is 14.1. The van der Waals surface area contributed by atoms with E-state index < -0.39 is 11.7 Å². The number of aromatic nitrogens is 1. The molecular weight excluding hydrogens is 358 g/mol. The summed E-state index contributed by atoms with van der Waals surface area (Å²) in [6, 6.07) is 5.59. The van der Waals surface area contributed by atoms with Crippen LogP contribution in [0.15, 0.2) is 34.9 Å². The zero-order valence-corrected chi connectivity index (χ0v) is 12.4. The highest BCUT2D eigenvalue weighted by atomic mass is 79.9. The first-order valence-electron chi connectivity index (χ1n) is 5.05. The zero-order chi connectivity index (χ0) is 14.0. The van der Waals surface area contributed by atoms with Crippen molar-refractivity contribution in [2.75, 3.05) is 5.32 Å². The highest BCUT2D eigenvalue weighted by molar-refractivity contribution is 9.10. The van der Waals surface area contributed by atoms with Crippen LogP contribution < -0.4 is 5.32 Å². The van der Waals surface area contributed by atoms with Crippen LogP contribution in [0.3, 0.4) is 0 Å². The minimum atomic E-state index is -0.689. The van der Waals surface area contributed by atoms with E-state index in [0.29, 0.717) is 10.2 Å². The first-order chi connectivity index (χ1) is 8.99. The molecule has 19 heavy (non-hydrogen) atoms. The molecule has 0 aliphatic carbocycles. The van der Waals surface area contributed by atoms with E-state index in [9.17, 15) is 9.18 Å². The molecule has 1 N–H and O–H groups in total. The van der Waals surface area contributed by atoms with Crippen LogP contribution in [-0.2, 0) is 0 Å². The van der Waals surface area contributed by atoms with Crippen LogP contribution in [0, 0.1) is 5.82 Å². The van der Waals surface area contributed by atoms with Crippen molar-refractivity contribution in [3.8, 4) is 0 Å². The van der Waals surface area contributed by atoms with Crippen molar-refractivity contribution >= 4 is 50.7 Å². The molecule has 1 amide bonds. The van der Waals surface area contributed by atoms with E-state index in [2.05, 4.69) is 26.2 Å². The van der Waals surface area contributed by atoms with Gasteiger partial charge in [0.15, 0.2) is 0 Å². The van der Waals surface area contributed by atoms with Gasteiger partial charge in [-0.05, 0) is 34.1 Å². The Morgan fingerprint density at radius 3 is 2.74 bits per heavy atom. The van der Waals surface area contributed by atoms with E-state index >= 15 is 0 Å². The second-order valence-electron chi connectivity index (χ2n) is 3.55. The summed E-state index contributed by atoms with van der Waals surface area (Å²) in [5, 5.41) is 2.80. The Kier molecular flexibility index (Phi) is 4.39. The van der Waals surface area contributed by atoms with Gasteiger partial charge >= 0.3 is 0 Å². The maximum Gasteiger partial charge on any atom is 0.260 e. The second-order valence-corrected chi connectivity index (χ2v) is 5.17. The third kappa shape index (κ3) is 3.23. The molecule has 2 aromatic rings. The van der Waals surface area contributed by atoms with Gasteiger partial charge in [0.2, 0.25) is 0 Å². The molecule has 0 saturated carbocycles. The molecular formula is C12H6BrCl2FN2O. The molecule has 0 aliphatic heterocycles. The minimum Gasteiger partial charge on any atom is -0.320 e. The molecule has 2 rings (SSSR count). The number of hydrogen-bond donors (Lipinski definition) is 1. The van der Waals surface area contributed by atoms with Crippen molar-refractivity contribution in [3.05, 3.63) is 56.5 Å². The van der Waals surface area contributed by atoms with Crippen molar-refractivity contribution < 1.29 is 9.18 Å². The van der Waals surface area contributed by atoms with Crippen molar-refractivity contribution in [1.29, 1.82) is 0 Å². The summed E-state index contributed by atoms with van der Waals surface area (Å²) in [5.41, 5.74) is 0.163. The molecule has 0 radical (unpaired) electrons. The van der Waals surface area contributed by atoms with Crippen LogP contribution in [0.5, 0.6) is 0 Å². The smallest absolute Gasteiger partial charge is 0.260 e. The number of rotatable bonds is 2.